The van der Waals surface area contributed by atoms with Crippen molar-refractivity contribution in [2.45, 2.75) is 26.8 Å². The summed E-state index contributed by atoms with van der Waals surface area (Å²) in [5, 5.41) is 6.22. The second-order valence-corrected chi connectivity index (χ2v) is 6.78. The van der Waals surface area contributed by atoms with Crippen LogP contribution in [0.2, 0.25) is 0 Å². The molecule has 4 rings (SSSR count). The first-order chi connectivity index (χ1) is 14.1. The highest BCUT2D eigenvalue weighted by Crippen LogP contribution is 2.14. The van der Waals surface area contributed by atoms with Crippen molar-refractivity contribution in [3.8, 4) is 5.75 Å². The van der Waals surface area contributed by atoms with Crippen LogP contribution in [-0.4, -0.2) is 26.2 Å². The van der Waals surface area contributed by atoms with E-state index in [0.717, 1.165) is 16.9 Å². The Balaban J connectivity index is 1.54. The minimum Gasteiger partial charge on any atom is -0.494 e. The Morgan fingerprint density at radius 3 is 2.52 bits per heavy atom. The van der Waals surface area contributed by atoms with Gasteiger partial charge in [0.25, 0.3) is 11.3 Å². The average molecular weight is 389 g/mol. The first-order valence-corrected chi connectivity index (χ1v) is 9.62. The van der Waals surface area contributed by atoms with Crippen LogP contribution in [0.4, 0.5) is 5.95 Å². The van der Waals surface area contributed by atoms with Gasteiger partial charge in [-0.05, 0) is 37.1 Å². The molecule has 0 aliphatic heterocycles. The van der Waals surface area contributed by atoms with Crippen LogP contribution in [0.15, 0.2) is 59.4 Å². The van der Waals surface area contributed by atoms with E-state index in [2.05, 4.69) is 20.4 Å². The van der Waals surface area contributed by atoms with Crippen LogP contribution < -0.4 is 15.6 Å². The fourth-order valence-electron chi connectivity index (χ4n) is 3.19. The molecule has 0 radical (unpaired) electrons. The predicted molar refractivity (Wildman–Crippen MR) is 113 cm³/mol. The van der Waals surface area contributed by atoms with Crippen LogP contribution in [-0.2, 0) is 13.0 Å². The zero-order valence-corrected chi connectivity index (χ0v) is 16.5. The van der Waals surface area contributed by atoms with Crippen molar-refractivity contribution in [1.82, 2.24) is 19.6 Å². The number of aromatic nitrogens is 4. The summed E-state index contributed by atoms with van der Waals surface area (Å²) in [6.45, 7) is 5.02. The largest absolute Gasteiger partial charge is 0.494 e. The summed E-state index contributed by atoms with van der Waals surface area (Å²) in [5.74, 6) is 1.70. The first kappa shape index (κ1) is 18.7. The number of hydrogen-bond acceptors (Lipinski definition) is 5. The predicted octanol–water partition coefficient (Wildman–Crippen LogP) is 3.33. The van der Waals surface area contributed by atoms with Gasteiger partial charge in [-0.3, -0.25) is 9.89 Å². The summed E-state index contributed by atoms with van der Waals surface area (Å²) in [4.78, 5) is 21.9. The molecule has 0 bridgehead atoms. The van der Waals surface area contributed by atoms with Crippen LogP contribution >= 0.6 is 0 Å². The van der Waals surface area contributed by atoms with Gasteiger partial charge in [0.05, 0.1) is 12.3 Å². The minimum absolute atomic E-state index is 0.127. The number of hydrogen-bond donors (Lipinski definition) is 2. The van der Waals surface area contributed by atoms with E-state index in [1.54, 1.807) is 0 Å². The van der Waals surface area contributed by atoms with Crippen LogP contribution in [0, 0.1) is 6.92 Å². The Kier molecular flexibility index (Phi) is 5.29. The zero-order chi connectivity index (χ0) is 20.2. The number of aryl methyl sites for hydroxylation is 1. The van der Waals surface area contributed by atoms with Crippen molar-refractivity contribution in [2.75, 3.05) is 11.9 Å². The van der Waals surface area contributed by atoms with Gasteiger partial charge in [0.15, 0.2) is 0 Å². The summed E-state index contributed by atoms with van der Waals surface area (Å²) in [6.07, 6.45) is 0.537. The maximum Gasteiger partial charge on any atom is 0.277 e. The minimum atomic E-state index is -0.127. The van der Waals surface area contributed by atoms with Crippen molar-refractivity contribution >= 4 is 11.7 Å². The smallest absolute Gasteiger partial charge is 0.277 e. The van der Waals surface area contributed by atoms with Gasteiger partial charge in [0.1, 0.15) is 5.75 Å². The van der Waals surface area contributed by atoms with Crippen molar-refractivity contribution < 1.29 is 4.74 Å². The van der Waals surface area contributed by atoms with E-state index in [0.29, 0.717) is 42.6 Å². The number of anilines is 1. The molecule has 7 nitrogen and oxygen atoms in total. The van der Waals surface area contributed by atoms with Crippen LogP contribution in [0.3, 0.4) is 0 Å². The fourth-order valence-corrected chi connectivity index (χ4v) is 3.19. The molecule has 0 amide bonds. The molecule has 2 aromatic heterocycles. The molecule has 148 valence electrons. The van der Waals surface area contributed by atoms with Crippen LogP contribution in [0.25, 0.3) is 5.78 Å². The van der Waals surface area contributed by atoms with E-state index in [9.17, 15) is 4.79 Å². The molecule has 7 heteroatoms. The Bertz CT molecular complexity index is 1160. The highest BCUT2D eigenvalue weighted by Gasteiger charge is 2.13. The lowest BCUT2D eigenvalue weighted by Crippen LogP contribution is -2.22. The summed E-state index contributed by atoms with van der Waals surface area (Å²) in [6, 6.07) is 17.8. The second kappa shape index (κ2) is 8.18. The molecule has 2 heterocycles. The van der Waals surface area contributed by atoms with Gasteiger partial charge in [-0.1, -0.05) is 42.5 Å². The van der Waals surface area contributed by atoms with Crippen LogP contribution in [0.1, 0.15) is 29.3 Å². The van der Waals surface area contributed by atoms with E-state index in [4.69, 9.17) is 4.74 Å². The Labute approximate surface area is 168 Å². The summed E-state index contributed by atoms with van der Waals surface area (Å²) in [7, 11) is 0. The monoisotopic (exact) mass is 389 g/mol. The average Bonchev–Trinajstić information content (AvgIpc) is 3.15. The molecule has 29 heavy (non-hydrogen) atoms. The topological polar surface area (TPSA) is 84.3 Å². The number of ether oxygens (including phenoxy) is 1. The van der Waals surface area contributed by atoms with Crippen molar-refractivity contribution in [1.29, 1.82) is 0 Å². The van der Waals surface area contributed by atoms with Crippen molar-refractivity contribution in [3.63, 3.8) is 0 Å². The summed E-state index contributed by atoms with van der Waals surface area (Å²) in [5.41, 5.74) is 3.38. The first-order valence-electron chi connectivity index (χ1n) is 9.62. The van der Waals surface area contributed by atoms with Crippen molar-refractivity contribution in [3.05, 3.63) is 87.3 Å². The maximum atomic E-state index is 13.0. The quantitative estimate of drug-likeness (QED) is 0.506. The maximum absolute atomic E-state index is 13.0. The number of nitrogens with one attached hydrogen (secondary N) is 2. The molecule has 4 aromatic rings. The third kappa shape index (κ3) is 4.13. The SMILES string of the molecule is CCOc1ccc(CNc2nc3nc(C)c(Cc4ccccc4)c(=O)n3[nH]2)cc1. The number of nitrogens with zero attached hydrogens (tertiary/aromatic N) is 3. The number of rotatable bonds is 7. The third-order valence-electron chi connectivity index (χ3n) is 4.71. The highest BCUT2D eigenvalue weighted by molar-refractivity contribution is 5.41. The fraction of sp³-hybridized carbons (Fsp3) is 0.227. The van der Waals surface area contributed by atoms with E-state index >= 15 is 0 Å². The highest BCUT2D eigenvalue weighted by atomic mass is 16.5. The number of fused-ring (bicyclic) bond motifs is 1. The van der Waals surface area contributed by atoms with Gasteiger partial charge < -0.3 is 10.1 Å². The van der Waals surface area contributed by atoms with Crippen LogP contribution in [0.5, 0.6) is 5.75 Å². The lowest BCUT2D eigenvalue weighted by molar-refractivity contribution is 0.340. The number of benzene rings is 2. The number of aromatic amines is 1. The Morgan fingerprint density at radius 2 is 1.79 bits per heavy atom. The van der Waals surface area contributed by atoms with E-state index in [1.807, 2.05) is 68.4 Å². The second-order valence-electron chi connectivity index (χ2n) is 6.78. The Hall–Kier alpha value is -3.61. The van der Waals surface area contributed by atoms with E-state index in [1.165, 1.54) is 4.52 Å². The van der Waals surface area contributed by atoms with Gasteiger partial charge in [0.2, 0.25) is 5.95 Å². The molecule has 0 unspecified atom stereocenters. The third-order valence-corrected chi connectivity index (χ3v) is 4.71. The van der Waals surface area contributed by atoms with Gasteiger partial charge in [-0.2, -0.15) is 9.50 Å². The van der Waals surface area contributed by atoms with E-state index < -0.39 is 0 Å². The van der Waals surface area contributed by atoms with Crippen molar-refractivity contribution in [2.24, 2.45) is 0 Å². The number of H-pyrrole nitrogens is 1. The molecular weight excluding hydrogens is 366 g/mol. The molecule has 2 aromatic carbocycles. The Morgan fingerprint density at radius 1 is 1.03 bits per heavy atom. The molecule has 0 saturated carbocycles. The molecule has 2 N–H and O–H groups in total. The van der Waals surface area contributed by atoms with E-state index in [-0.39, 0.29) is 5.56 Å². The molecule has 0 fully saturated rings. The van der Waals surface area contributed by atoms with Gasteiger partial charge in [0, 0.05) is 18.5 Å². The summed E-state index contributed by atoms with van der Waals surface area (Å²) >= 11 is 0. The molecule has 0 atom stereocenters. The zero-order valence-electron chi connectivity index (χ0n) is 16.5. The molecule has 0 saturated heterocycles. The van der Waals surface area contributed by atoms with Gasteiger partial charge in [-0.15, -0.1) is 0 Å². The molecule has 0 aliphatic carbocycles. The standard InChI is InChI=1S/C22H23N5O2/c1-3-29-18-11-9-17(10-12-18)14-23-21-25-22-24-15(2)19(20(28)27(22)26-21)13-16-7-5-4-6-8-16/h4-12H,3,13-14H2,1-2H3,(H2,23,24,25,26). The lowest BCUT2D eigenvalue weighted by Gasteiger charge is -2.05. The summed E-state index contributed by atoms with van der Waals surface area (Å²) < 4.78 is 6.85. The normalized spacial score (nSPS) is 11.0. The molecule has 0 spiro atoms. The van der Waals surface area contributed by atoms with Gasteiger partial charge in [-0.25, -0.2) is 4.98 Å². The molecular formula is C22H23N5O2. The van der Waals surface area contributed by atoms with Gasteiger partial charge >= 0.3 is 0 Å². The molecule has 0 aliphatic rings. The lowest BCUT2D eigenvalue weighted by atomic mass is 10.1.